The number of aryl methyl sites for hydroxylation is 1. The molecular formula is C12H19NOS. The molecule has 0 aromatic heterocycles. The Morgan fingerprint density at radius 1 is 1.33 bits per heavy atom. The van der Waals surface area contributed by atoms with Crippen LogP contribution in [-0.2, 0) is 0 Å². The maximum absolute atomic E-state index is 9.25. The lowest BCUT2D eigenvalue weighted by molar-refractivity contribution is 0.475. The van der Waals surface area contributed by atoms with E-state index in [0.29, 0.717) is 5.75 Å². The van der Waals surface area contributed by atoms with Gasteiger partial charge < -0.3 is 10.4 Å². The van der Waals surface area contributed by atoms with E-state index in [0.717, 1.165) is 17.8 Å². The molecule has 0 bridgehead atoms. The molecule has 0 aliphatic rings. The molecule has 1 rings (SSSR count). The van der Waals surface area contributed by atoms with E-state index in [1.54, 1.807) is 12.1 Å². The fourth-order valence-electron chi connectivity index (χ4n) is 1.44. The minimum atomic E-state index is 0.334. The van der Waals surface area contributed by atoms with Crippen LogP contribution in [0, 0.1) is 6.92 Å². The largest absolute Gasteiger partial charge is 0.508 e. The van der Waals surface area contributed by atoms with E-state index in [-0.39, 0.29) is 0 Å². The van der Waals surface area contributed by atoms with Crippen molar-refractivity contribution in [3.63, 3.8) is 0 Å². The first-order chi connectivity index (χ1) is 7.24. The van der Waals surface area contributed by atoms with Crippen LogP contribution in [0.4, 0.5) is 5.69 Å². The van der Waals surface area contributed by atoms with Gasteiger partial charge in [-0.1, -0.05) is 0 Å². The summed E-state index contributed by atoms with van der Waals surface area (Å²) in [4.78, 5) is 0. The Kier molecular flexibility index (Phi) is 5.40. The van der Waals surface area contributed by atoms with E-state index in [2.05, 4.69) is 11.6 Å². The first kappa shape index (κ1) is 12.2. The number of aromatic hydroxyl groups is 1. The summed E-state index contributed by atoms with van der Waals surface area (Å²) >= 11 is 1.89. The lowest BCUT2D eigenvalue weighted by Gasteiger charge is -2.09. The zero-order chi connectivity index (χ0) is 11.1. The van der Waals surface area contributed by atoms with E-state index in [4.69, 9.17) is 0 Å². The van der Waals surface area contributed by atoms with Crippen LogP contribution in [0.5, 0.6) is 5.75 Å². The van der Waals surface area contributed by atoms with Crippen LogP contribution >= 0.6 is 11.8 Å². The van der Waals surface area contributed by atoms with Crippen LogP contribution < -0.4 is 5.32 Å². The summed E-state index contributed by atoms with van der Waals surface area (Å²) in [5.41, 5.74) is 2.22. The van der Waals surface area contributed by atoms with Gasteiger partial charge in [0.15, 0.2) is 0 Å². The SMILES string of the molecule is CSCCCCNc1ccc(O)cc1C. The van der Waals surface area contributed by atoms with Gasteiger partial charge in [0.25, 0.3) is 0 Å². The maximum Gasteiger partial charge on any atom is 0.115 e. The maximum atomic E-state index is 9.25. The van der Waals surface area contributed by atoms with Crippen molar-refractivity contribution in [1.29, 1.82) is 0 Å². The van der Waals surface area contributed by atoms with E-state index >= 15 is 0 Å². The number of unbranched alkanes of at least 4 members (excludes halogenated alkanes) is 1. The fraction of sp³-hybridized carbons (Fsp3) is 0.500. The molecule has 1 aromatic carbocycles. The summed E-state index contributed by atoms with van der Waals surface area (Å²) < 4.78 is 0. The van der Waals surface area contributed by atoms with Crippen molar-refractivity contribution in [2.24, 2.45) is 0 Å². The Balaban J connectivity index is 2.31. The summed E-state index contributed by atoms with van der Waals surface area (Å²) in [7, 11) is 0. The van der Waals surface area contributed by atoms with Crippen LogP contribution in [0.15, 0.2) is 18.2 Å². The zero-order valence-corrected chi connectivity index (χ0v) is 10.2. The van der Waals surface area contributed by atoms with E-state index in [9.17, 15) is 5.11 Å². The van der Waals surface area contributed by atoms with Crippen molar-refractivity contribution >= 4 is 17.4 Å². The Morgan fingerprint density at radius 3 is 2.80 bits per heavy atom. The fourth-order valence-corrected chi connectivity index (χ4v) is 1.93. The number of phenols is 1. The highest BCUT2D eigenvalue weighted by molar-refractivity contribution is 7.98. The van der Waals surface area contributed by atoms with Gasteiger partial charge in [0.05, 0.1) is 0 Å². The molecule has 3 heteroatoms. The molecule has 0 aliphatic carbocycles. The van der Waals surface area contributed by atoms with E-state index < -0.39 is 0 Å². The Morgan fingerprint density at radius 2 is 2.13 bits per heavy atom. The first-order valence-corrected chi connectivity index (χ1v) is 6.66. The summed E-state index contributed by atoms with van der Waals surface area (Å²) in [6.45, 7) is 3.01. The number of benzene rings is 1. The van der Waals surface area contributed by atoms with Crippen molar-refractivity contribution in [2.75, 3.05) is 23.9 Å². The highest BCUT2D eigenvalue weighted by Crippen LogP contribution is 2.19. The van der Waals surface area contributed by atoms with Gasteiger partial charge >= 0.3 is 0 Å². The number of hydrogen-bond acceptors (Lipinski definition) is 3. The summed E-state index contributed by atoms with van der Waals surface area (Å²) in [6, 6.07) is 5.43. The Hall–Kier alpha value is -0.830. The van der Waals surface area contributed by atoms with Crippen molar-refractivity contribution in [2.45, 2.75) is 19.8 Å². The van der Waals surface area contributed by atoms with Crippen molar-refractivity contribution in [1.82, 2.24) is 0 Å². The summed E-state index contributed by atoms with van der Waals surface area (Å²) in [5, 5.41) is 12.6. The van der Waals surface area contributed by atoms with Crippen LogP contribution in [0.1, 0.15) is 18.4 Å². The molecule has 1 aromatic rings. The van der Waals surface area contributed by atoms with Gasteiger partial charge in [-0.2, -0.15) is 11.8 Å². The molecule has 2 nitrogen and oxygen atoms in total. The molecule has 0 amide bonds. The average molecular weight is 225 g/mol. The summed E-state index contributed by atoms with van der Waals surface area (Å²) in [6.07, 6.45) is 4.59. The van der Waals surface area contributed by atoms with Crippen LogP contribution in [-0.4, -0.2) is 23.7 Å². The Bertz CT molecular complexity index is 302. The van der Waals surface area contributed by atoms with E-state index in [1.165, 1.54) is 18.6 Å². The number of anilines is 1. The predicted molar refractivity (Wildman–Crippen MR) is 68.9 cm³/mol. The molecule has 0 saturated carbocycles. The quantitative estimate of drug-likeness (QED) is 0.576. The van der Waals surface area contributed by atoms with Gasteiger partial charge in [-0.15, -0.1) is 0 Å². The molecule has 2 N–H and O–H groups in total. The van der Waals surface area contributed by atoms with Crippen molar-refractivity contribution in [3.8, 4) is 5.75 Å². The molecule has 15 heavy (non-hydrogen) atoms. The molecule has 0 unspecified atom stereocenters. The van der Waals surface area contributed by atoms with Crippen molar-refractivity contribution < 1.29 is 5.11 Å². The summed E-state index contributed by atoms with van der Waals surface area (Å²) in [5.74, 6) is 1.57. The number of hydrogen-bond donors (Lipinski definition) is 2. The highest BCUT2D eigenvalue weighted by Gasteiger charge is 1.97. The van der Waals surface area contributed by atoms with Gasteiger partial charge in [-0.25, -0.2) is 0 Å². The molecule has 84 valence electrons. The third kappa shape index (κ3) is 4.47. The van der Waals surface area contributed by atoms with Gasteiger partial charge in [0.1, 0.15) is 5.75 Å². The molecule has 0 atom stereocenters. The van der Waals surface area contributed by atoms with Crippen LogP contribution in [0.25, 0.3) is 0 Å². The second kappa shape index (κ2) is 6.62. The predicted octanol–water partition coefficient (Wildman–Crippen LogP) is 3.26. The number of nitrogens with one attached hydrogen (secondary N) is 1. The molecular weight excluding hydrogens is 206 g/mol. The number of thioether (sulfide) groups is 1. The molecule has 0 heterocycles. The van der Waals surface area contributed by atoms with Crippen LogP contribution in [0.3, 0.4) is 0 Å². The second-order valence-corrected chi connectivity index (χ2v) is 4.61. The molecule has 0 fully saturated rings. The average Bonchev–Trinajstić information content (AvgIpc) is 2.20. The third-order valence-corrected chi connectivity index (χ3v) is 3.00. The van der Waals surface area contributed by atoms with Crippen molar-refractivity contribution in [3.05, 3.63) is 23.8 Å². The standard InChI is InChI=1S/C12H19NOS/c1-10-9-11(14)5-6-12(10)13-7-3-4-8-15-2/h5-6,9,13-14H,3-4,7-8H2,1-2H3. The van der Waals surface area contributed by atoms with Gasteiger partial charge in [-0.05, 0) is 55.5 Å². The number of phenolic OH excluding ortho intramolecular Hbond substituents is 1. The lowest BCUT2D eigenvalue weighted by atomic mass is 10.2. The normalized spacial score (nSPS) is 10.3. The smallest absolute Gasteiger partial charge is 0.115 e. The van der Waals surface area contributed by atoms with Gasteiger partial charge in [-0.3, -0.25) is 0 Å². The molecule has 0 spiro atoms. The van der Waals surface area contributed by atoms with Gasteiger partial charge in [0.2, 0.25) is 0 Å². The minimum absolute atomic E-state index is 0.334. The molecule has 0 radical (unpaired) electrons. The second-order valence-electron chi connectivity index (χ2n) is 3.63. The van der Waals surface area contributed by atoms with Gasteiger partial charge in [0, 0.05) is 12.2 Å². The van der Waals surface area contributed by atoms with Crippen LogP contribution in [0.2, 0.25) is 0 Å². The third-order valence-electron chi connectivity index (χ3n) is 2.30. The first-order valence-electron chi connectivity index (χ1n) is 5.26. The minimum Gasteiger partial charge on any atom is -0.508 e. The number of rotatable bonds is 6. The highest BCUT2D eigenvalue weighted by atomic mass is 32.2. The molecule has 0 saturated heterocycles. The zero-order valence-electron chi connectivity index (χ0n) is 9.42. The monoisotopic (exact) mass is 225 g/mol. The Labute approximate surface area is 96.1 Å². The molecule has 0 aliphatic heterocycles. The van der Waals surface area contributed by atoms with E-state index in [1.807, 2.05) is 24.8 Å². The lowest BCUT2D eigenvalue weighted by Crippen LogP contribution is -2.03. The topological polar surface area (TPSA) is 32.3 Å².